The molecule has 6 nitrogen and oxygen atoms in total. The van der Waals surface area contributed by atoms with Gasteiger partial charge in [-0.15, -0.1) is 12.4 Å². The maximum atomic E-state index is 13.2. The Bertz CT molecular complexity index is 1100. The number of furan rings is 1. The van der Waals surface area contributed by atoms with Gasteiger partial charge in [-0.3, -0.25) is 0 Å². The van der Waals surface area contributed by atoms with Gasteiger partial charge in [-0.05, 0) is 30.7 Å². The number of ether oxygens (including phenoxy) is 1. The zero-order valence-corrected chi connectivity index (χ0v) is 17.2. The van der Waals surface area contributed by atoms with Crippen molar-refractivity contribution >= 4 is 33.2 Å². The molecule has 2 aromatic carbocycles. The molecule has 2 heterocycles. The van der Waals surface area contributed by atoms with Gasteiger partial charge >= 0.3 is 0 Å². The monoisotopic (exact) mass is 423 g/mol. The van der Waals surface area contributed by atoms with Crippen LogP contribution >= 0.6 is 12.4 Å². The Hall–Kier alpha value is -2.06. The fraction of sp³-hybridized carbons (Fsp3) is 0.300. The van der Waals surface area contributed by atoms with Crippen molar-refractivity contribution in [3.8, 4) is 5.75 Å². The van der Waals surface area contributed by atoms with Gasteiger partial charge in [0, 0.05) is 36.5 Å². The largest absolute Gasteiger partial charge is 0.493 e. The molecule has 0 aliphatic carbocycles. The van der Waals surface area contributed by atoms with E-state index in [-0.39, 0.29) is 22.2 Å². The topological polar surface area (TPSA) is 88.8 Å². The summed E-state index contributed by atoms with van der Waals surface area (Å²) in [6.07, 6.45) is 0.110. The molecule has 2 N–H and O–H groups in total. The Kier molecular flexibility index (Phi) is 5.72. The highest BCUT2D eigenvalue weighted by Gasteiger charge is 2.25. The number of nitrogens with one attached hydrogen (secondary N) is 1. The van der Waals surface area contributed by atoms with Crippen LogP contribution in [0.1, 0.15) is 29.9 Å². The number of methoxy groups -OCH3 is 1. The summed E-state index contributed by atoms with van der Waals surface area (Å²) in [6, 6.07) is 9.43. The molecule has 0 fully saturated rings. The molecule has 28 heavy (non-hydrogen) atoms. The third-order valence-corrected chi connectivity index (χ3v) is 6.70. The van der Waals surface area contributed by atoms with Crippen molar-refractivity contribution in [1.82, 2.24) is 5.32 Å². The predicted molar refractivity (Wildman–Crippen MR) is 108 cm³/mol. The van der Waals surface area contributed by atoms with Crippen LogP contribution in [0, 0.1) is 0 Å². The quantitative estimate of drug-likeness (QED) is 0.668. The van der Waals surface area contributed by atoms with Crippen molar-refractivity contribution in [2.75, 3.05) is 13.7 Å². The lowest BCUT2D eigenvalue weighted by atomic mass is 10.1. The molecule has 1 atom stereocenters. The van der Waals surface area contributed by atoms with E-state index in [1.807, 2.05) is 0 Å². The lowest BCUT2D eigenvalue weighted by molar-refractivity contribution is 0.199. The van der Waals surface area contributed by atoms with E-state index in [0.717, 1.165) is 29.7 Å². The van der Waals surface area contributed by atoms with Crippen molar-refractivity contribution < 1.29 is 22.7 Å². The maximum absolute atomic E-state index is 13.2. The van der Waals surface area contributed by atoms with Crippen LogP contribution < -0.4 is 10.1 Å². The van der Waals surface area contributed by atoms with Crippen LogP contribution in [0.25, 0.3) is 11.0 Å². The molecular formula is C20H22ClNO5S. The van der Waals surface area contributed by atoms with Gasteiger partial charge in [0.05, 0.1) is 23.0 Å². The van der Waals surface area contributed by atoms with Gasteiger partial charge in [-0.25, -0.2) is 8.42 Å². The Morgan fingerprint density at radius 3 is 2.54 bits per heavy atom. The second-order valence-corrected chi connectivity index (χ2v) is 8.63. The first-order valence-electron chi connectivity index (χ1n) is 8.78. The summed E-state index contributed by atoms with van der Waals surface area (Å²) in [5.74, 6) is 1.28. The summed E-state index contributed by atoms with van der Waals surface area (Å²) < 4.78 is 37.7. The van der Waals surface area contributed by atoms with Crippen LogP contribution in [0.2, 0.25) is 0 Å². The molecule has 1 unspecified atom stereocenters. The van der Waals surface area contributed by atoms with E-state index in [9.17, 15) is 13.5 Å². The average Bonchev–Trinajstić information content (AvgIpc) is 3.06. The summed E-state index contributed by atoms with van der Waals surface area (Å²) in [5.41, 5.74) is 2.22. The molecule has 0 saturated heterocycles. The van der Waals surface area contributed by atoms with Gasteiger partial charge in [0.15, 0.2) is 11.3 Å². The SMILES string of the molecule is COc1cc(S(=O)(=O)c2ccc(C(C)O)cc2)cc2c3c(oc12)CCNC3.Cl. The number of aliphatic hydroxyl groups excluding tert-OH is 1. The zero-order chi connectivity index (χ0) is 19.2. The van der Waals surface area contributed by atoms with Crippen LogP contribution in [-0.2, 0) is 22.8 Å². The number of hydrogen-bond acceptors (Lipinski definition) is 6. The van der Waals surface area contributed by atoms with Gasteiger partial charge in [0.25, 0.3) is 0 Å². The van der Waals surface area contributed by atoms with Crippen LogP contribution in [0.3, 0.4) is 0 Å². The Morgan fingerprint density at radius 1 is 1.18 bits per heavy atom. The number of rotatable bonds is 4. The van der Waals surface area contributed by atoms with Gasteiger partial charge in [0.1, 0.15) is 5.76 Å². The number of fused-ring (bicyclic) bond motifs is 3. The van der Waals surface area contributed by atoms with E-state index in [4.69, 9.17) is 9.15 Å². The molecule has 0 radical (unpaired) electrons. The molecular weight excluding hydrogens is 402 g/mol. The first-order chi connectivity index (χ1) is 12.9. The number of hydrogen-bond donors (Lipinski definition) is 2. The normalized spacial score (nSPS) is 15.0. The third kappa shape index (κ3) is 3.39. The molecule has 0 saturated carbocycles. The highest BCUT2D eigenvalue weighted by Crippen LogP contribution is 2.38. The number of benzene rings is 2. The van der Waals surface area contributed by atoms with Crippen LogP contribution in [-0.4, -0.2) is 27.2 Å². The van der Waals surface area contributed by atoms with E-state index in [1.165, 1.54) is 25.3 Å². The lowest BCUT2D eigenvalue weighted by Crippen LogP contribution is -2.22. The first-order valence-corrected chi connectivity index (χ1v) is 10.3. The Balaban J connectivity index is 0.00000225. The van der Waals surface area contributed by atoms with Gasteiger partial charge in [-0.1, -0.05) is 12.1 Å². The van der Waals surface area contributed by atoms with E-state index >= 15 is 0 Å². The highest BCUT2D eigenvalue weighted by molar-refractivity contribution is 7.91. The van der Waals surface area contributed by atoms with Crippen molar-refractivity contribution in [3.63, 3.8) is 0 Å². The van der Waals surface area contributed by atoms with Crippen molar-refractivity contribution in [2.24, 2.45) is 0 Å². The summed E-state index contributed by atoms with van der Waals surface area (Å²) >= 11 is 0. The predicted octanol–water partition coefficient (Wildman–Crippen LogP) is 3.40. The van der Waals surface area contributed by atoms with Crippen LogP contribution in [0.15, 0.2) is 50.6 Å². The summed E-state index contributed by atoms with van der Waals surface area (Å²) in [5, 5.41) is 13.7. The molecule has 0 spiro atoms. The molecule has 3 aromatic rings. The second kappa shape index (κ2) is 7.75. The molecule has 150 valence electrons. The maximum Gasteiger partial charge on any atom is 0.206 e. The summed E-state index contributed by atoms with van der Waals surface area (Å²) in [7, 11) is -2.23. The summed E-state index contributed by atoms with van der Waals surface area (Å²) in [6.45, 7) is 3.10. The number of aliphatic hydroxyl groups is 1. The molecule has 1 aliphatic rings. The molecule has 4 rings (SSSR count). The van der Waals surface area contributed by atoms with Crippen LogP contribution in [0.5, 0.6) is 5.75 Å². The second-order valence-electron chi connectivity index (χ2n) is 6.68. The smallest absolute Gasteiger partial charge is 0.206 e. The van der Waals surface area contributed by atoms with Gasteiger partial charge < -0.3 is 19.6 Å². The minimum atomic E-state index is -3.73. The van der Waals surface area contributed by atoms with Crippen molar-refractivity contribution in [1.29, 1.82) is 0 Å². The minimum absolute atomic E-state index is 0. The highest BCUT2D eigenvalue weighted by atomic mass is 35.5. The third-order valence-electron chi connectivity index (χ3n) is 4.95. The molecule has 1 aliphatic heterocycles. The lowest BCUT2D eigenvalue weighted by Gasteiger charge is -2.11. The molecule has 8 heteroatoms. The van der Waals surface area contributed by atoms with Crippen molar-refractivity contribution in [3.05, 3.63) is 53.3 Å². The standard InChI is InChI=1S/C20H21NO5S.ClH/c1-12(22)13-3-5-14(6-4-13)27(23,24)15-9-16-17-11-21-8-7-18(17)26-20(16)19(10-15)25-2;/h3-6,9-10,12,21-22H,7-8,11H2,1-2H3;1H. The Labute approximate surface area is 169 Å². The van der Waals surface area contributed by atoms with E-state index in [1.54, 1.807) is 25.1 Å². The Morgan fingerprint density at radius 2 is 1.89 bits per heavy atom. The van der Waals surface area contributed by atoms with Gasteiger partial charge in [-0.2, -0.15) is 0 Å². The molecule has 0 amide bonds. The fourth-order valence-electron chi connectivity index (χ4n) is 3.42. The van der Waals surface area contributed by atoms with E-state index in [2.05, 4.69) is 5.32 Å². The van der Waals surface area contributed by atoms with E-state index in [0.29, 0.717) is 23.4 Å². The van der Waals surface area contributed by atoms with Crippen molar-refractivity contribution in [2.45, 2.75) is 35.8 Å². The van der Waals surface area contributed by atoms with Crippen LogP contribution in [0.4, 0.5) is 0 Å². The number of sulfone groups is 1. The minimum Gasteiger partial charge on any atom is -0.493 e. The van der Waals surface area contributed by atoms with Gasteiger partial charge in [0.2, 0.25) is 9.84 Å². The fourth-order valence-corrected chi connectivity index (χ4v) is 4.72. The molecule has 1 aromatic heterocycles. The zero-order valence-electron chi connectivity index (χ0n) is 15.6. The average molecular weight is 424 g/mol. The summed E-state index contributed by atoms with van der Waals surface area (Å²) in [4.78, 5) is 0.328. The van der Waals surface area contributed by atoms with E-state index < -0.39 is 15.9 Å². The first kappa shape index (κ1) is 20.7. The number of halogens is 1. The molecule has 0 bridgehead atoms.